The minimum absolute atomic E-state index is 0.392. The summed E-state index contributed by atoms with van der Waals surface area (Å²) in [5.74, 6) is 2.90. The summed E-state index contributed by atoms with van der Waals surface area (Å²) in [5, 5.41) is 3.33. The van der Waals surface area contributed by atoms with Crippen LogP contribution in [-0.4, -0.2) is 81.5 Å². The van der Waals surface area contributed by atoms with Crippen molar-refractivity contribution in [1.82, 2.24) is 20.2 Å². The van der Waals surface area contributed by atoms with E-state index in [-0.39, 0.29) is 0 Å². The van der Waals surface area contributed by atoms with E-state index in [1.54, 1.807) is 12.4 Å². The Morgan fingerprint density at radius 1 is 0.964 bits per heavy atom. The molecule has 8 nitrogen and oxygen atoms in total. The van der Waals surface area contributed by atoms with E-state index in [4.69, 9.17) is 14.2 Å². The fraction of sp³-hybridized carbons (Fsp3) is 0.500. The van der Waals surface area contributed by atoms with Crippen molar-refractivity contribution in [3.63, 3.8) is 0 Å². The van der Waals surface area contributed by atoms with Crippen molar-refractivity contribution < 1.29 is 14.2 Å². The number of nitrogens with zero attached hydrogens (tertiary/aromatic N) is 4. The Labute approximate surface area is 166 Å². The summed E-state index contributed by atoms with van der Waals surface area (Å²) in [5.41, 5.74) is 0. The standard InChI is InChI=1S/C20H29N5O3/c1-24(2)12-13-26-17-4-3-5-18(16-17)27-14-15-28-20-19(22-6-7-23-20)25-10-8-21-9-11-25/h3-7,16,21H,8-15H2,1-2H3. The Balaban J connectivity index is 1.46. The number of rotatable bonds is 10. The molecule has 8 heteroatoms. The molecule has 1 N–H and O–H groups in total. The van der Waals surface area contributed by atoms with Crippen molar-refractivity contribution in [2.75, 3.05) is 71.5 Å². The maximum Gasteiger partial charge on any atom is 0.257 e. The van der Waals surface area contributed by atoms with E-state index in [9.17, 15) is 0 Å². The molecule has 3 rings (SSSR count). The molecule has 0 aliphatic carbocycles. The molecule has 0 spiro atoms. The molecule has 0 saturated carbocycles. The second-order valence-electron chi connectivity index (χ2n) is 6.75. The molecule has 1 fully saturated rings. The van der Waals surface area contributed by atoms with Crippen LogP contribution in [0.1, 0.15) is 0 Å². The van der Waals surface area contributed by atoms with Crippen LogP contribution in [0, 0.1) is 0 Å². The second kappa shape index (κ2) is 10.7. The number of piperazine rings is 1. The van der Waals surface area contributed by atoms with Gasteiger partial charge in [-0.1, -0.05) is 6.07 Å². The van der Waals surface area contributed by atoms with Crippen LogP contribution in [0.25, 0.3) is 0 Å². The number of hydrogen-bond donors (Lipinski definition) is 1. The summed E-state index contributed by atoms with van der Waals surface area (Å²) in [6, 6.07) is 7.65. The fourth-order valence-corrected chi connectivity index (χ4v) is 2.81. The molecule has 1 aromatic carbocycles. The van der Waals surface area contributed by atoms with Crippen LogP contribution in [0.2, 0.25) is 0 Å². The highest BCUT2D eigenvalue weighted by molar-refractivity contribution is 5.48. The first kappa shape index (κ1) is 20.2. The van der Waals surface area contributed by atoms with Crippen molar-refractivity contribution in [3.05, 3.63) is 36.7 Å². The van der Waals surface area contributed by atoms with Gasteiger partial charge in [0.15, 0.2) is 5.82 Å². The van der Waals surface area contributed by atoms with Crippen LogP contribution in [0.3, 0.4) is 0 Å². The molecule has 1 aliphatic rings. The monoisotopic (exact) mass is 387 g/mol. The van der Waals surface area contributed by atoms with Crippen LogP contribution >= 0.6 is 0 Å². The summed E-state index contributed by atoms with van der Waals surface area (Å²) in [6.45, 7) is 5.98. The molecule has 152 valence electrons. The molecule has 1 aliphatic heterocycles. The van der Waals surface area contributed by atoms with Gasteiger partial charge >= 0.3 is 0 Å². The van der Waals surface area contributed by atoms with Crippen LogP contribution in [0.5, 0.6) is 17.4 Å². The van der Waals surface area contributed by atoms with Gasteiger partial charge in [0, 0.05) is 51.2 Å². The van der Waals surface area contributed by atoms with E-state index < -0.39 is 0 Å². The quantitative estimate of drug-likeness (QED) is 0.612. The summed E-state index contributed by atoms with van der Waals surface area (Å²) in [4.78, 5) is 13.0. The van der Waals surface area contributed by atoms with Gasteiger partial charge < -0.3 is 29.3 Å². The third kappa shape index (κ3) is 6.24. The van der Waals surface area contributed by atoms with Crippen molar-refractivity contribution >= 4 is 5.82 Å². The lowest BCUT2D eigenvalue weighted by atomic mass is 10.3. The van der Waals surface area contributed by atoms with E-state index in [2.05, 4.69) is 25.1 Å². The summed E-state index contributed by atoms with van der Waals surface area (Å²) >= 11 is 0. The zero-order valence-electron chi connectivity index (χ0n) is 16.6. The first-order valence-electron chi connectivity index (χ1n) is 9.62. The minimum atomic E-state index is 0.392. The van der Waals surface area contributed by atoms with Gasteiger partial charge in [-0.2, -0.15) is 0 Å². The lowest BCUT2D eigenvalue weighted by molar-refractivity contribution is 0.210. The van der Waals surface area contributed by atoms with Gasteiger partial charge in [-0.05, 0) is 26.2 Å². The molecule has 0 radical (unpaired) electrons. The number of anilines is 1. The van der Waals surface area contributed by atoms with E-state index in [0.717, 1.165) is 50.0 Å². The Morgan fingerprint density at radius 3 is 2.39 bits per heavy atom. The van der Waals surface area contributed by atoms with Gasteiger partial charge in [0.1, 0.15) is 31.3 Å². The van der Waals surface area contributed by atoms with Crippen LogP contribution in [-0.2, 0) is 0 Å². The largest absolute Gasteiger partial charge is 0.492 e. The molecule has 1 saturated heterocycles. The first-order chi connectivity index (χ1) is 13.7. The van der Waals surface area contributed by atoms with Gasteiger partial charge in [-0.25, -0.2) is 9.97 Å². The maximum atomic E-state index is 5.84. The average molecular weight is 387 g/mol. The molecule has 0 unspecified atom stereocenters. The summed E-state index contributed by atoms with van der Waals surface area (Å²) < 4.78 is 17.4. The predicted octanol–water partition coefficient (Wildman–Crippen LogP) is 1.28. The van der Waals surface area contributed by atoms with Gasteiger partial charge in [0.2, 0.25) is 0 Å². The topological polar surface area (TPSA) is 72.0 Å². The average Bonchev–Trinajstić information content (AvgIpc) is 2.72. The van der Waals surface area contributed by atoms with Gasteiger partial charge in [0.05, 0.1) is 0 Å². The van der Waals surface area contributed by atoms with Gasteiger partial charge in [0.25, 0.3) is 5.88 Å². The lowest BCUT2D eigenvalue weighted by Crippen LogP contribution is -2.44. The summed E-state index contributed by atoms with van der Waals surface area (Å²) in [6.07, 6.45) is 3.35. The first-order valence-corrected chi connectivity index (χ1v) is 9.62. The molecule has 0 atom stereocenters. The minimum Gasteiger partial charge on any atom is -0.492 e. The molecule has 2 aromatic rings. The van der Waals surface area contributed by atoms with Crippen molar-refractivity contribution in [2.45, 2.75) is 0 Å². The third-order valence-corrected chi connectivity index (χ3v) is 4.27. The molecule has 1 aromatic heterocycles. The normalized spacial score (nSPS) is 14.2. The number of nitrogens with one attached hydrogen (secondary N) is 1. The van der Waals surface area contributed by atoms with E-state index in [1.165, 1.54) is 0 Å². The fourth-order valence-electron chi connectivity index (χ4n) is 2.81. The van der Waals surface area contributed by atoms with E-state index >= 15 is 0 Å². The molecule has 0 bridgehead atoms. The van der Waals surface area contributed by atoms with Crippen molar-refractivity contribution in [3.8, 4) is 17.4 Å². The zero-order chi connectivity index (χ0) is 19.6. The Morgan fingerprint density at radius 2 is 1.64 bits per heavy atom. The number of hydrogen-bond acceptors (Lipinski definition) is 8. The van der Waals surface area contributed by atoms with Crippen molar-refractivity contribution in [1.29, 1.82) is 0 Å². The molecule has 0 amide bonds. The second-order valence-corrected chi connectivity index (χ2v) is 6.75. The number of benzene rings is 1. The Kier molecular flexibility index (Phi) is 7.69. The number of likely N-dealkylation sites (N-methyl/N-ethyl adjacent to an activating group) is 1. The van der Waals surface area contributed by atoms with Gasteiger partial charge in [-0.3, -0.25) is 0 Å². The molecular formula is C20H29N5O3. The smallest absolute Gasteiger partial charge is 0.257 e. The third-order valence-electron chi connectivity index (χ3n) is 4.27. The lowest BCUT2D eigenvalue weighted by Gasteiger charge is -2.28. The molecular weight excluding hydrogens is 358 g/mol. The predicted molar refractivity (Wildman–Crippen MR) is 109 cm³/mol. The zero-order valence-corrected chi connectivity index (χ0v) is 16.6. The Hall–Kier alpha value is -2.58. The van der Waals surface area contributed by atoms with Crippen LogP contribution in [0.4, 0.5) is 5.82 Å². The Bertz CT molecular complexity index is 722. The van der Waals surface area contributed by atoms with Gasteiger partial charge in [-0.15, -0.1) is 0 Å². The SMILES string of the molecule is CN(C)CCOc1cccc(OCCOc2nccnc2N2CCNCC2)c1. The molecule has 2 heterocycles. The summed E-state index contributed by atoms with van der Waals surface area (Å²) in [7, 11) is 4.04. The highest BCUT2D eigenvalue weighted by Gasteiger charge is 2.17. The van der Waals surface area contributed by atoms with Crippen LogP contribution < -0.4 is 24.4 Å². The number of ether oxygens (including phenoxy) is 3. The maximum absolute atomic E-state index is 5.84. The van der Waals surface area contributed by atoms with E-state index in [0.29, 0.717) is 25.7 Å². The molecule has 28 heavy (non-hydrogen) atoms. The number of aromatic nitrogens is 2. The van der Waals surface area contributed by atoms with Crippen molar-refractivity contribution in [2.24, 2.45) is 0 Å². The highest BCUT2D eigenvalue weighted by atomic mass is 16.5. The van der Waals surface area contributed by atoms with Crippen LogP contribution in [0.15, 0.2) is 36.7 Å². The van der Waals surface area contributed by atoms with E-state index in [1.807, 2.05) is 38.4 Å². The highest BCUT2D eigenvalue weighted by Crippen LogP contribution is 2.23.